The van der Waals surface area contributed by atoms with Crippen LogP contribution in [0.2, 0.25) is 0 Å². The highest BCUT2D eigenvalue weighted by molar-refractivity contribution is 6.08. The number of carbonyl (C=O) groups excluding carboxylic acids is 1. The van der Waals surface area contributed by atoms with E-state index in [1.807, 2.05) is 66.9 Å². The second-order valence-corrected chi connectivity index (χ2v) is 8.23. The lowest BCUT2D eigenvalue weighted by Gasteiger charge is -2.05. The summed E-state index contributed by atoms with van der Waals surface area (Å²) < 4.78 is 1.86. The maximum atomic E-state index is 12.6. The number of aromatic nitrogens is 2. The van der Waals surface area contributed by atoms with Crippen molar-refractivity contribution in [3.05, 3.63) is 155 Å². The first-order chi connectivity index (χ1) is 16.6. The molecule has 1 heterocycles. The number of imidazole rings is 1. The fraction of sp³-hybridized carbons (Fsp3) is 0.0968. The summed E-state index contributed by atoms with van der Waals surface area (Å²) in [5, 5.41) is 0. The van der Waals surface area contributed by atoms with Crippen molar-refractivity contribution in [1.82, 2.24) is 9.55 Å². The van der Waals surface area contributed by atoms with Gasteiger partial charge in [-0.2, -0.15) is 0 Å². The number of hydrogen-bond acceptors (Lipinski definition) is 2. The Kier molecular flexibility index (Phi) is 7.46. The minimum Gasteiger partial charge on any atom is -0.306 e. The Morgan fingerprint density at radius 2 is 1.26 bits per heavy atom. The Balaban J connectivity index is 0.000000180. The van der Waals surface area contributed by atoms with Gasteiger partial charge in [0.25, 0.3) is 0 Å². The van der Waals surface area contributed by atoms with E-state index in [0.717, 1.165) is 23.2 Å². The Morgan fingerprint density at radius 1 is 0.706 bits per heavy atom. The molecule has 0 N–H and O–H groups in total. The van der Waals surface area contributed by atoms with Gasteiger partial charge in [-0.1, -0.05) is 97.1 Å². The molecule has 0 bridgehead atoms. The summed E-state index contributed by atoms with van der Waals surface area (Å²) in [5.74, 6) is -0.0362. The average Bonchev–Trinajstić information content (AvgIpc) is 3.38. The van der Waals surface area contributed by atoms with Crippen molar-refractivity contribution in [3.8, 4) is 5.69 Å². The summed E-state index contributed by atoms with van der Waals surface area (Å²) in [5.41, 5.74) is 7.04. The molecule has 0 unspecified atom stereocenters. The highest BCUT2D eigenvalue weighted by Crippen LogP contribution is 2.17. The van der Waals surface area contributed by atoms with Crippen LogP contribution in [0.25, 0.3) is 5.69 Å². The summed E-state index contributed by atoms with van der Waals surface area (Å²) >= 11 is 0. The summed E-state index contributed by atoms with van der Waals surface area (Å²) in [6, 6.07) is 36.7. The number of benzene rings is 4. The Labute approximate surface area is 201 Å². The van der Waals surface area contributed by atoms with Crippen LogP contribution in [-0.2, 0) is 6.42 Å². The fourth-order valence-corrected chi connectivity index (χ4v) is 3.74. The van der Waals surface area contributed by atoms with Crippen LogP contribution in [0.4, 0.5) is 0 Å². The molecule has 0 atom stereocenters. The van der Waals surface area contributed by atoms with E-state index in [4.69, 9.17) is 0 Å². The number of nitrogens with zero attached hydrogens (tertiary/aromatic N) is 2. The smallest absolute Gasteiger partial charge is 0.213 e. The van der Waals surface area contributed by atoms with E-state index < -0.39 is 0 Å². The highest BCUT2D eigenvalue weighted by Gasteiger charge is 2.15. The predicted octanol–water partition coefficient (Wildman–Crippen LogP) is 7.00. The molecule has 0 amide bonds. The van der Waals surface area contributed by atoms with E-state index in [9.17, 15) is 4.79 Å². The van der Waals surface area contributed by atoms with Gasteiger partial charge in [0.05, 0.1) is 0 Å². The molecule has 0 aliphatic rings. The lowest BCUT2D eigenvalue weighted by molar-refractivity contribution is 0.103. The molecule has 3 heteroatoms. The normalized spacial score (nSPS) is 10.3. The summed E-state index contributed by atoms with van der Waals surface area (Å²) in [4.78, 5) is 16.8. The molecule has 3 nitrogen and oxygen atoms in total. The van der Waals surface area contributed by atoms with Crippen molar-refractivity contribution in [2.45, 2.75) is 20.3 Å². The molecular weight excluding hydrogens is 416 g/mol. The van der Waals surface area contributed by atoms with Gasteiger partial charge in [-0.05, 0) is 54.7 Å². The van der Waals surface area contributed by atoms with Crippen molar-refractivity contribution in [3.63, 3.8) is 0 Å². The van der Waals surface area contributed by atoms with Gasteiger partial charge in [0.15, 0.2) is 0 Å². The van der Waals surface area contributed by atoms with Crippen molar-refractivity contribution < 1.29 is 4.79 Å². The third kappa shape index (κ3) is 5.76. The number of aryl methyl sites for hydroxylation is 1. The Hall–Kier alpha value is -4.24. The van der Waals surface area contributed by atoms with Crippen molar-refractivity contribution >= 4 is 5.78 Å². The summed E-state index contributed by atoms with van der Waals surface area (Å²) in [6.45, 7) is 3.98. The van der Waals surface area contributed by atoms with Crippen LogP contribution < -0.4 is 0 Å². The van der Waals surface area contributed by atoms with Crippen LogP contribution in [0.1, 0.15) is 38.3 Å². The SMILES string of the molecule is Cc1cccc(C(=O)c2cn(-c3ccccc3)cn2)c1C.c1ccc(Cc2ccccc2)cc1. The second kappa shape index (κ2) is 11.1. The van der Waals surface area contributed by atoms with Crippen LogP contribution >= 0.6 is 0 Å². The molecule has 5 aromatic rings. The van der Waals surface area contributed by atoms with Crippen molar-refractivity contribution in [2.75, 3.05) is 0 Å². The van der Waals surface area contributed by atoms with Crippen LogP contribution in [0.15, 0.2) is 122 Å². The number of rotatable bonds is 5. The standard InChI is InChI=1S/C18H16N2O.C13H12/c1-13-7-6-10-16(14(13)2)18(21)17-11-20(12-19-17)15-8-4-3-5-9-15;1-3-7-12(8-4-1)11-13-9-5-2-6-10-13/h3-12H,1-2H3;1-10H,11H2. The van der Waals surface area contributed by atoms with E-state index >= 15 is 0 Å². The minimum absolute atomic E-state index is 0.0362. The molecular formula is C31H28N2O. The second-order valence-electron chi connectivity index (χ2n) is 8.23. The zero-order valence-electron chi connectivity index (χ0n) is 19.6. The van der Waals surface area contributed by atoms with Gasteiger partial charge >= 0.3 is 0 Å². The molecule has 0 saturated heterocycles. The summed E-state index contributed by atoms with van der Waals surface area (Å²) in [6.07, 6.45) is 4.48. The Bertz CT molecular complexity index is 1300. The van der Waals surface area contributed by atoms with Crippen molar-refractivity contribution in [1.29, 1.82) is 0 Å². The van der Waals surface area contributed by atoms with E-state index in [2.05, 4.69) is 65.6 Å². The molecule has 4 aromatic carbocycles. The third-order valence-corrected chi connectivity index (χ3v) is 5.81. The molecule has 0 aliphatic heterocycles. The lowest BCUT2D eigenvalue weighted by atomic mass is 9.99. The summed E-state index contributed by atoms with van der Waals surface area (Å²) in [7, 11) is 0. The monoisotopic (exact) mass is 444 g/mol. The van der Waals surface area contributed by atoms with Gasteiger partial charge in [0, 0.05) is 17.4 Å². The highest BCUT2D eigenvalue weighted by atomic mass is 16.1. The van der Waals surface area contributed by atoms with E-state index in [-0.39, 0.29) is 5.78 Å². The van der Waals surface area contributed by atoms with E-state index in [1.165, 1.54) is 11.1 Å². The van der Waals surface area contributed by atoms with Crippen molar-refractivity contribution in [2.24, 2.45) is 0 Å². The van der Waals surface area contributed by atoms with Gasteiger partial charge in [0.1, 0.15) is 12.0 Å². The molecule has 0 aliphatic carbocycles. The first kappa shape index (κ1) is 22.9. The van der Waals surface area contributed by atoms with E-state index in [0.29, 0.717) is 11.3 Å². The molecule has 1 aromatic heterocycles. The number of para-hydroxylation sites is 1. The quantitative estimate of drug-likeness (QED) is 0.274. The molecule has 168 valence electrons. The third-order valence-electron chi connectivity index (χ3n) is 5.81. The first-order valence-corrected chi connectivity index (χ1v) is 11.4. The maximum Gasteiger partial charge on any atom is 0.213 e. The average molecular weight is 445 g/mol. The van der Waals surface area contributed by atoms with Gasteiger partial charge in [-0.15, -0.1) is 0 Å². The minimum atomic E-state index is -0.0362. The van der Waals surface area contributed by atoms with Crippen LogP contribution in [0, 0.1) is 13.8 Å². The van der Waals surface area contributed by atoms with Crippen LogP contribution in [0.3, 0.4) is 0 Å². The zero-order chi connectivity index (χ0) is 23.8. The lowest BCUT2D eigenvalue weighted by Crippen LogP contribution is -2.05. The Morgan fingerprint density at radius 3 is 1.85 bits per heavy atom. The number of ketones is 1. The van der Waals surface area contributed by atoms with Gasteiger partial charge in [-0.3, -0.25) is 4.79 Å². The molecule has 0 spiro atoms. The number of carbonyl (C=O) groups is 1. The van der Waals surface area contributed by atoms with Crippen LogP contribution in [0.5, 0.6) is 0 Å². The predicted molar refractivity (Wildman–Crippen MR) is 139 cm³/mol. The molecule has 0 saturated carbocycles. The molecule has 34 heavy (non-hydrogen) atoms. The van der Waals surface area contributed by atoms with Crippen LogP contribution in [-0.4, -0.2) is 15.3 Å². The maximum absolute atomic E-state index is 12.6. The largest absolute Gasteiger partial charge is 0.306 e. The van der Waals surface area contributed by atoms with Gasteiger partial charge in [-0.25, -0.2) is 4.98 Å². The fourth-order valence-electron chi connectivity index (χ4n) is 3.74. The zero-order valence-corrected chi connectivity index (χ0v) is 19.6. The topological polar surface area (TPSA) is 34.9 Å². The first-order valence-electron chi connectivity index (χ1n) is 11.4. The molecule has 0 radical (unpaired) electrons. The number of hydrogen-bond donors (Lipinski definition) is 0. The van der Waals surface area contributed by atoms with E-state index in [1.54, 1.807) is 12.5 Å². The van der Waals surface area contributed by atoms with Gasteiger partial charge in [0.2, 0.25) is 5.78 Å². The molecule has 0 fully saturated rings. The molecule has 5 rings (SSSR count). The van der Waals surface area contributed by atoms with Gasteiger partial charge < -0.3 is 4.57 Å².